The molecule has 5 rings (SSSR count). The quantitative estimate of drug-likeness (QED) is 0.0981. The van der Waals surface area contributed by atoms with E-state index in [4.69, 9.17) is 9.47 Å². The minimum Gasteiger partial charge on any atom is -0.457 e. The number of esters is 1. The van der Waals surface area contributed by atoms with Gasteiger partial charge in [-0.3, -0.25) is 24.6 Å². The summed E-state index contributed by atoms with van der Waals surface area (Å²) in [5.41, 5.74) is 1.46. The van der Waals surface area contributed by atoms with Gasteiger partial charge in [0.15, 0.2) is 0 Å². The molecule has 39 heavy (non-hydrogen) atoms. The molecule has 1 heterocycles. The maximum absolute atomic E-state index is 13.0. The number of ether oxygens (including phenoxy) is 2. The monoisotopic (exact) mass is 656 g/mol. The molecule has 0 bridgehead atoms. The van der Waals surface area contributed by atoms with Gasteiger partial charge in [0.1, 0.15) is 18.1 Å². The Kier molecular flexibility index (Phi) is 7.81. The Morgan fingerprint density at radius 3 is 1.87 bits per heavy atom. The lowest BCUT2D eigenvalue weighted by molar-refractivity contribution is -0.384. The first-order valence-corrected chi connectivity index (χ1v) is 14.0. The van der Waals surface area contributed by atoms with Gasteiger partial charge in [-0.25, -0.2) is 4.79 Å². The van der Waals surface area contributed by atoms with E-state index in [9.17, 15) is 24.5 Å². The summed E-state index contributed by atoms with van der Waals surface area (Å²) in [7, 11) is 0. The Bertz CT molecular complexity index is 1380. The molecule has 4 atom stereocenters. The van der Waals surface area contributed by atoms with Crippen LogP contribution >= 0.6 is 31.9 Å². The van der Waals surface area contributed by atoms with Crippen LogP contribution in [0.5, 0.6) is 11.5 Å². The highest BCUT2D eigenvalue weighted by atomic mass is 79.9. The molecular weight excluding hydrogens is 636 g/mol. The van der Waals surface area contributed by atoms with E-state index < -0.39 is 10.9 Å². The molecule has 1 saturated heterocycles. The lowest BCUT2D eigenvalue weighted by Crippen LogP contribution is -2.34. The van der Waals surface area contributed by atoms with Gasteiger partial charge in [0.2, 0.25) is 11.8 Å². The molecule has 1 saturated carbocycles. The third kappa shape index (κ3) is 5.74. The fourth-order valence-corrected chi connectivity index (χ4v) is 5.99. The summed E-state index contributed by atoms with van der Waals surface area (Å²) in [6, 6.07) is 18.9. The maximum Gasteiger partial charge on any atom is 0.338 e. The van der Waals surface area contributed by atoms with E-state index in [-0.39, 0.29) is 45.6 Å². The fraction of sp³-hybridized carbons (Fsp3) is 0.250. The summed E-state index contributed by atoms with van der Waals surface area (Å²) in [5.74, 6) is -0.643. The topological polar surface area (TPSA) is 116 Å². The van der Waals surface area contributed by atoms with Crippen LogP contribution in [0.4, 0.5) is 11.4 Å². The number of rotatable bonds is 7. The Morgan fingerprint density at radius 2 is 1.36 bits per heavy atom. The molecule has 0 aromatic heterocycles. The van der Waals surface area contributed by atoms with Crippen molar-refractivity contribution in [2.45, 2.75) is 29.1 Å². The molecule has 3 aromatic rings. The third-order valence-electron chi connectivity index (χ3n) is 6.85. The molecule has 1 aliphatic carbocycles. The van der Waals surface area contributed by atoms with Crippen LogP contribution in [0.25, 0.3) is 0 Å². The first-order chi connectivity index (χ1) is 18.7. The van der Waals surface area contributed by atoms with E-state index in [0.717, 1.165) is 5.56 Å². The van der Waals surface area contributed by atoms with E-state index in [0.29, 0.717) is 35.6 Å². The number of hydrogen-bond acceptors (Lipinski definition) is 7. The molecular formula is C28H22Br2N2O7. The van der Waals surface area contributed by atoms with Crippen molar-refractivity contribution in [2.75, 3.05) is 4.90 Å². The number of imide groups is 1. The van der Waals surface area contributed by atoms with E-state index in [1.165, 1.54) is 29.2 Å². The number of carbonyl (C=O) groups excluding carboxylic acids is 3. The molecule has 11 heteroatoms. The number of amides is 2. The van der Waals surface area contributed by atoms with Crippen LogP contribution < -0.4 is 9.64 Å². The number of nitro benzene ring substituents is 1. The first-order valence-electron chi connectivity index (χ1n) is 12.2. The van der Waals surface area contributed by atoms with Gasteiger partial charge >= 0.3 is 5.97 Å². The zero-order valence-electron chi connectivity index (χ0n) is 20.4. The van der Waals surface area contributed by atoms with E-state index in [2.05, 4.69) is 31.9 Å². The van der Waals surface area contributed by atoms with E-state index in [1.54, 1.807) is 48.5 Å². The van der Waals surface area contributed by atoms with Crippen molar-refractivity contribution in [1.29, 1.82) is 0 Å². The Morgan fingerprint density at radius 1 is 0.846 bits per heavy atom. The van der Waals surface area contributed by atoms with Crippen molar-refractivity contribution < 1.29 is 28.8 Å². The standard InChI is InChI=1S/C28H22Br2N2O7/c29-24-13-22-23(14-25(24)30)27(34)31(26(22)33)18-5-3-17(4-6-18)28(35)38-15-16-1-9-20(10-2-16)39-21-11-7-19(8-12-21)32(36)37/h1-12,22-25H,13-15H2/t22-,23+,24-,25-/m0/s1. The van der Waals surface area contributed by atoms with E-state index in [1.807, 2.05) is 0 Å². The van der Waals surface area contributed by atoms with Crippen LogP contribution in [0, 0.1) is 22.0 Å². The summed E-state index contributed by atoms with van der Waals surface area (Å²) < 4.78 is 11.1. The summed E-state index contributed by atoms with van der Waals surface area (Å²) >= 11 is 7.18. The van der Waals surface area contributed by atoms with Crippen molar-refractivity contribution >= 4 is 61.0 Å². The van der Waals surface area contributed by atoms with Gasteiger partial charge in [0.25, 0.3) is 5.69 Å². The van der Waals surface area contributed by atoms with Gasteiger partial charge in [-0.2, -0.15) is 0 Å². The summed E-state index contributed by atoms with van der Waals surface area (Å²) in [4.78, 5) is 50.3. The molecule has 0 unspecified atom stereocenters. The predicted octanol–water partition coefficient (Wildman–Crippen LogP) is 6.17. The number of anilines is 1. The first kappa shape index (κ1) is 27.0. The number of fused-ring (bicyclic) bond motifs is 1. The van der Waals surface area contributed by atoms with Crippen molar-refractivity contribution in [3.63, 3.8) is 0 Å². The second-order valence-electron chi connectivity index (χ2n) is 9.35. The number of non-ortho nitro benzene ring substituents is 1. The van der Waals surface area contributed by atoms with Gasteiger partial charge in [-0.15, -0.1) is 0 Å². The molecule has 2 aliphatic rings. The van der Waals surface area contributed by atoms with Crippen molar-refractivity contribution in [3.05, 3.63) is 94.0 Å². The summed E-state index contributed by atoms with van der Waals surface area (Å²) in [6.45, 7) is 0.0340. The van der Waals surface area contributed by atoms with Gasteiger partial charge < -0.3 is 9.47 Å². The largest absolute Gasteiger partial charge is 0.457 e. The Labute approximate surface area is 240 Å². The molecule has 3 aromatic carbocycles. The highest BCUT2D eigenvalue weighted by Gasteiger charge is 2.52. The average molecular weight is 658 g/mol. The molecule has 1 aliphatic heterocycles. The van der Waals surface area contributed by atoms with Crippen molar-refractivity contribution in [2.24, 2.45) is 11.8 Å². The van der Waals surface area contributed by atoms with Crippen LogP contribution in [-0.2, 0) is 20.9 Å². The molecule has 2 amide bonds. The van der Waals surface area contributed by atoms with Crippen molar-refractivity contribution in [3.8, 4) is 11.5 Å². The van der Waals surface area contributed by atoms with Gasteiger partial charge in [0.05, 0.1) is 28.0 Å². The predicted molar refractivity (Wildman–Crippen MR) is 149 cm³/mol. The smallest absolute Gasteiger partial charge is 0.338 e. The van der Waals surface area contributed by atoms with Gasteiger partial charge in [0, 0.05) is 21.8 Å². The van der Waals surface area contributed by atoms with Crippen LogP contribution in [0.3, 0.4) is 0 Å². The number of alkyl halides is 2. The summed E-state index contributed by atoms with van der Waals surface area (Å²) in [6.07, 6.45) is 1.19. The molecule has 0 N–H and O–H groups in total. The van der Waals surface area contributed by atoms with E-state index >= 15 is 0 Å². The zero-order valence-corrected chi connectivity index (χ0v) is 23.5. The number of nitrogens with zero attached hydrogens (tertiary/aromatic N) is 2. The Hall–Kier alpha value is -3.57. The highest BCUT2D eigenvalue weighted by Crippen LogP contribution is 2.44. The van der Waals surface area contributed by atoms with Gasteiger partial charge in [-0.1, -0.05) is 44.0 Å². The van der Waals surface area contributed by atoms with Crippen molar-refractivity contribution in [1.82, 2.24) is 0 Å². The normalized spacial score (nSPS) is 22.4. The van der Waals surface area contributed by atoms with Crippen LogP contribution in [0.1, 0.15) is 28.8 Å². The molecule has 200 valence electrons. The number of benzene rings is 3. The second kappa shape index (κ2) is 11.3. The maximum atomic E-state index is 13.0. The summed E-state index contributed by atoms with van der Waals surface area (Å²) in [5, 5.41) is 10.8. The zero-order chi connectivity index (χ0) is 27.7. The van der Waals surface area contributed by atoms with Crippen LogP contribution in [0.15, 0.2) is 72.8 Å². The fourth-order valence-electron chi connectivity index (χ4n) is 4.75. The van der Waals surface area contributed by atoms with Crippen LogP contribution in [-0.4, -0.2) is 32.4 Å². The van der Waals surface area contributed by atoms with Gasteiger partial charge in [-0.05, 0) is 66.9 Å². The number of nitro groups is 1. The number of hydrogen-bond donors (Lipinski definition) is 0. The molecule has 2 fully saturated rings. The SMILES string of the molecule is O=C(OCc1ccc(Oc2ccc([N+](=O)[O-])cc2)cc1)c1ccc(N2C(=O)[C@H]3C[C@H](Br)[C@@H](Br)C[C@H]3C2=O)cc1. The highest BCUT2D eigenvalue weighted by molar-refractivity contribution is 9.12. The third-order valence-corrected chi connectivity index (χ3v) is 9.58. The van der Waals surface area contributed by atoms with Crippen LogP contribution in [0.2, 0.25) is 0 Å². The lowest BCUT2D eigenvalue weighted by Gasteiger charge is -2.29. The minimum absolute atomic E-state index is 0.0223. The second-order valence-corrected chi connectivity index (χ2v) is 11.7. The number of carbonyl (C=O) groups is 3. The molecule has 9 nitrogen and oxygen atoms in total. The average Bonchev–Trinajstić information content (AvgIpc) is 3.17. The molecule has 0 spiro atoms. The number of halogens is 2. The minimum atomic E-state index is -0.537. The Balaban J connectivity index is 1.16. The lowest BCUT2D eigenvalue weighted by atomic mass is 9.81. The molecule has 0 radical (unpaired) electrons.